The molecule has 0 radical (unpaired) electrons. The minimum absolute atomic E-state index is 0.0429. The Labute approximate surface area is 190 Å². The summed E-state index contributed by atoms with van der Waals surface area (Å²) in [5, 5.41) is 10.8. The van der Waals surface area contributed by atoms with Gasteiger partial charge in [0.25, 0.3) is 11.2 Å². The molecular weight excluding hydrogens is 466 g/mol. The SMILES string of the molecule is O=c1/c(=C\c2cccc(OS(=O)(=O)c3ccc([N+](=O)[O-])cc3)c2)sc2nc3ccccc3n12. The van der Waals surface area contributed by atoms with E-state index in [2.05, 4.69) is 4.98 Å². The largest absolute Gasteiger partial charge is 0.379 e. The molecule has 0 aliphatic carbocycles. The Hall–Kier alpha value is -4.09. The Morgan fingerprint density at radius 2 is 1.79 bits per heavy atom. The van der Waals surface area contributed by atoms with Crippen LogP contribution in [0, 0.1) is 10.1 Å². The molecule has 0 fully saturated rings. The molecule has 0 unspecified atom stereocenters. The van der Waals surface area contributed by atoms with Crippen molar-refractivity contribution in [2.45, 2.75) is 4.90 Å². The molecule has 33 heavy (non-hydrogen) atoms. The van der Waals surface area contributed by atoms with E-state index >= 15 is 0 Å². The molecule has 5 aromatic rings. The van der Waals surface area contributed by atoms with Crippen molar-refractivity contribution in [2.75, 3.05) is 0 Å². The first-order chi connectivity index (χ1) is 15.8. The van der Waals surface area contributed by atoms with Gasteiger partial charge in [0.1, 0.15) is 10.6 Å². The third-order valence-electron chi connectivity index (χ3n) is 4.84. The summed E-state index contributed by atoms with van der Waals surface area (Å²) >= 11 is 1.23. The van der Waals surface area contributed by atoms with Gasteiger partial charge in [-0.15, -0.1) is 0 Å². The second-order valence-electron chi connectivity index (χ2n) is 7.00. The third kappa shape index (κ3) is 3.83. The number of aromatic nitrogens is 2. The Morgan fingerprint density at radius 1 is 1.03 bits per heavy atom. The number of non-ortho nitro benzene ring substituents is 1. The molecule has 3 aromatic carbocycles. The van der Waals surface area contributed by atoms with E-state index in [4.69, 9.17) is 4.18 Å². The molecule has 0 saturated carbocycles. The molecule has 0 saturated heterocycles. The third-order valence-corrected chi connectivity index (χ3v) is 7.07. The first-order valence-corrected chi connectivity index (χ1v) is 11.7. The Balaban J connectivity index is 1.48. The summed E-state index contributed by atoms with van der Waals surface area (Å²) in [7, 11) is -4.20. The van der Waals surface area contributed by atoms with Crippen molar-refractivity contribution in [3.8, 4) is 5.75 Å². The van der Waals surface area contributed by atoms with Crippen LogP contribution in [-0.2, 0) is 10.1 Å². The number of benzene rings is 3. The summed E-state index contributed by atoms with van der Waals surface area (Å²) in [6.45, 7) is 0. The van der Waals surface area contributed by atoms with Crippen LogP contribution in [0.3, 0.4) is 0 Å². The van der Waals surface area contributed by atoms with E-state index in [1.54, 1.807) is 22.6 Å². The molecule has 0 N–H and O–H groups in total. The lowest BCUT2D eigenvalue weighted by Gasteiger charge is -2.07. The molecule has 0 aliphatic rings. The van der Waals surface area contributed by atoms with E-state index in [0.29, 0.717) is 15.1 Å². The van der Waals surface area contributed by atoms with Crippen molar-refractivity contribution in [2.24, 2.45) is 0 Å². The van der Waals surface area contributed by atoms with Crippen LogP contribution in [0.15, 0.2) is 82.5 Å². The van der Waals surface area contributed by atoms with Crippen molar-refractivity contribution >= 4 is 49.2 Å². The van der Waals surface area contributed by atoms with Gasteiger partial charge in [-0.25, -0.2) is 9.38 Å². The molecule has 9 nitrogen and oxygen atoms in total. The van der Waals surface area contributed by atoms with E-state index in [-0.39, 0.29) is 21.9 Å². The number of para-hydroxylation sites is 2. The molecule has 2 heterocycles. The number of nitrogens with zero attached hydrogens (tertiary/aromatic N) is 3. The summed E-state index contributed by atoms with van der Waals surface area (Å²) in [5.74, 6) is 0.0429. The maximum absolute atomic E-state index is 12.9. The van der Waals surface area contributed by atoms with Crippen LogP contribution < -0.4 is 14.3 Å². The van der Waals surface area contributed by atoms with Crippen molar-refractivity contribution in [3.05, 3.63) is 103 Å². The van der Waals surface area contributed by atoms with Crippen molar-refractivity contribution in [3.63, 3.8) is 0 Å². The van der Waals surface area contributed by atoms with Crippen LogP contribution in [0.2, 0.25) is 0 Å². The Kier molecular flexibility index (Phi) is 4.91. The van der Waals surface area contributed by atoms with Crippen LogP contribution in [0.5, 0.6) is 5.75 Å². The molecule has 164 valence electrons. The highest BCUT2D eigenvalue weighted by molar-refractivity contribution is 7.87. The molecule has 0 atom stereocenters. The van der Waals surface area contributed by atoms with E-state index in [0.717, 1.165) is 35.3 Å². The standard InChI is InChI=1S/C22H13N3O6S2/c26-21-20(32-22-23-18-6-1-2-7-19(18)24(21)22)13-14-4-3-5-16(12-14)31-33(29,30)17-10-8-15(9-11-17)25(27)28/h1-13H/b20-13+. The maximum atomic E-state index is 12.9. The minimum Gasteiger partial charge on any atom is -0.379 e. The van der Waals surface area contributed by atoms with Crippen molar-refractivity contribution in [1.29, 1.82) is 0 Å². The number of nitro benzene ring substituents is 1. The second kappa shape index (κ2) is 7.80. The zero-order valence-corrected chi connectivity index (χ0v) is 18.2. The second-order valence-corrected chi connectivity index (χ2v) is 9.55. The van der Waals surface area contributed by atoms with Gasteiger partial charge in [0.05, 0.1) is 20.5 Å². The first kappa shape index (κ1) is 20.8. The van der Waals surface area contributed by atoms with E-state index < -0.39 is 15.0 Å². The fourth-order valence-corrected chi connectivity index (χ4v) is 5.24. The molecular formula is C22H13N3O6S2. The van der Waals surface area contributed by atoms with Gasteiger partial charge in [0.15, 0.2) is 4.96 Å². The monoisotopic (exact) mass is 479 g/mol. The predicted octanol–water partition coefficient (Wildman–Crippen LogP) is 3.13. The highest BCUT2D eigenvalue weighted by atomic mass is 32.2. The number of hydrogen-bond donors (Lipinski definition) is 0. The quantitative estimate of drug-likeness (QED) is 0.216. The van der Waals surface area contributed by atoms with Gasteiger partial charge in [-0.05, 0) is 48.0 Å². The summed E-state index contributed by atoms with van der Waals surface area (Å²) in [6.07, 6.45) is 1.64. The minimum atomic E-state index is -4.20. The van der Waals surface area contributed by atoms with Crippen molar-refractivity contribution < 1.29 is 17.5 Å². The number of imidazole rings is 1. The van der Waals surface area contributed by atoms with Crippen LogP contribution in [0.25, 0.3) is 22.1 Å². The smallest absolute Gasteiger partial charge is 0.339 e. The average molecular weight is 479 g/mol. The van der Waals surface area contributed by atoms with Gasteiger partial charge in [0.2, 0.25) is 0 Å². The zero-order chi connectivity index (χ0) is 23.2. The van der Waals surface area contributed by atoms with Crippen LogP contribution in [0.1, 0.15) is 5.56 Å². The van der Waals surface area contributed by atoms with E-state index in [9.17, 15) is 23.3 Å². The number of thiazole rings is 1. The number of nitro groups is 1. The number of hydrogen-bond acceptors (Lipinski definition) is 8. The van der Waals surface area contributed by atoms with Gasteiger partial charge < -0.3 is 4.18 Å². The summed E-state index contributed by atoms with van der Waals surface area (Å²) in [5.41, 5.74) is 1.58. The molecule has 0 bridgehead atoms. The molecule has 11 heteroatoms. The van der Waals surface area contributed by atoms with Crippen LogP contribution in [-0.4, -0.2) is 22.7 Å². The topological polar surface area (TPSA) is 121 Å². The highest BCUT2D eigenvalue weighted by Crippen LogP contribution is 2.22. The fourth-order valence-electron chi connectivity index (χ4n) is 3.33. The Morgan fingerprint density at radius 3 is 2.55 bits per heavy atom. The Bertz CT molecular complexity index is 1760. The van der Waals surface area contributed by atoms with Gasteiger partial charge in [-0.3, -0.25) is 14.9 Å². The fraction of sp³-hybridized carbons (Fsp3) is 0. The van der Waals surface area contributed by atoms with Gasteiger partial charge >= 0.3 is 10.1 Å². The van der Waals surface area contributed by atoms with Gasteiger partial charge in [0, 0.05) is 12.1 Å². The summed E-state index contributed by atoms with van der Waals surface area (Å²) < 4.78 is 32.3. The molecule has 0 amide bonds. The van der Waals surface area contributed by atoms with E-state index in [1.165, 1.54) is 23.5 Å². The lowest BCUT2D eigenvalue weighted by molar-refractivity contribution is -0.384. The van der Waals surface area contributed by atoms with E-state index in [1.807, 2.05) is 24.3 Å². The predicted molar refractivity (Wildman–Crippen MR) is 123 cm³/mol. The first-order valence-electron chi connectivity index (χ1n) is 9.52. The van der Waals surface area contributed by atoms with Gasteiger partial charge in [-0.2, -0.15) is 8.42 Å². The summed E-state index contributed by atoms with van der Waals surface area (Å²) in [6, 6.07) is 18.0. The summed E-state index contributed by atoms with van der Waals surface area (Å²) in [4.78, 5) is 27.9. The molecule has 0 aliphatic heterocycles. The van der Waals surface area contributed by atoms with Gasteiger partial charge in [-0.1, -0.05) is 35.6 Å². The number of fused-ring (bicyclic) bond motifs is 3. The molecule has 0 spiro atoms. The lowest BCUT2D eigenvalue weighted by atomic mass is 10.2. The van der Waals surface area contributed by atoms with Crippen molar-refractivity contribution in [1.82, 2.24) is 9.38 Å². The number of rotatable bonds is 5. The van der Waals surface area contributed by atoms with Crippen LogP contribution >= 0.6 is 11.3 Å². The molecule has 2 aromatic heterocycles. The molecule has 5 rings (SSSR count). The maximum Gasteiger partial charge on any atom is 0.339 e. The van der Waals surface area contributed by atoms with Crippen LogP contribution in [0.4, 0.5) is 5.69 Å². The normalized spacial score (nSPS) is 12.4. The lowest BCUT2D eigenvalue weighted by Crippen LogP contribution is -2.22. The zero-order valence-electron chi connectivity index (χ0n) is 16.6. The highest BCUT2D eigenvalue weighted by Gasteiger charge is 2.18. The average Bonchev–Trinajstić information content (AvgIpc) is 3.30.